The highest BCUT2D eigenvalue weighted by Gasteiger charge is 2.22. The summed E-state index contributed by atoms with van der Waals surface area (Å²) in [6, 6.07) is 66.9. The van der Waals surface area contributed by atoms with E-state index in [-0.39, 0.29) is 0 Å². The molecule has 11 rings (SSSR count). The number of aromatic nitrogens is 4. The van der Waals surface area contributed by atoms with Crippen LogP contribution < -0.4 is 0 Å². The van der Waals surface area contributed by atoms with E-state index >= 15 is 0 Å². The molecule has 0 amide bonds. The number of para-hydroxylation sites is 4. The van der Waals surface area contributed by atoms with Gasteiger partial charge in [-0.3, -0.25) is 4.57 Å². The van der Waals surface area contributed by atoms with Gasteiger partial charge in [-0.2, -0.15) is 0 Å². The van der Waals surface area contributed by atoms with Gasteiger partial charge in [-0.25, -0.2) is 4.98 Å². The van der Waals surface area contributed by atoms with Crippen molar-refractivity contribution in [2.45, 2.75) is 32.6 Å². The lowest BCUT2D eigenvalue weighted by atomic mass is 9.88. The third kappa shape index (κ3) is 5.78. The summed E-state index contributed by atoms with van der Waals surface area (Å²) in [6.45, 7) is 4.45. The van der Waals surface area contributed by atoms with Crippen LogP contribution in [-0.4, -0.2) is 18.7 Å². The molecule has 1 atom stereocenters. The molecule has 0 spiro atoms. The van der Waals surface area contributed by atoms with E-state index < -0.39 is 0 Å². The molecule has 0 saturated carbocycles. The summed E-state index contributed by atoms with van der Waals surface area (Å²) >= 11 is 0. The van der Waals surface area contributed by atoms with Crippen LogP contribution in [0.2, 0.25) is 0 Å². The summed E-state index contributed by atoms with van der Waals surface area (Å²) in [6.07, 6.45) is 2.01. The fraction of sp³-hybridized carbons (Fsp3) is 0.109. The fourth-order valence-corrected chi connectivity index (χ4v) is 9.69. The average molecular weight is 761 g/mol. The maximum atomic E-state index is 5.04. The van der Waals surface area contributed by atoms with Crippen LogP contribution in [0.5, 0.6) is 0 Å². The Kier molecular flexibility index (Phi) is 8.33. The normalized spacial score (nSPS) is 12.4. The van der Waals surface area contributed by atoms with Crippen LogP contribution in [0.3, 0.4) is 0 Å². The number of nitrogens with zero attached hydrogens (tertiary/aromatic N) is 4. The second-order valence-corrected chi connectivity index (χ2v) is 16.0. The minimum absolute atomic E-state index is 0.340. The van der Waals surface area contributed by atoms with Crippen LogP contribution >= 0.6 is 0 Å². The molecule has 11 aromatic rings. The molecule has 8 aromatic carbocycles. The van der Waals surface area contributed by atoms with Crippen LogP contribution in [0.4, 0.5) is 0 Å². The number of hydrogen-bond donors (Lipinski definition) is 0. The number of imidazole rings is 1. The van der Waals surface area contributed by atoms with Gasteiger partial charge in [0, 0.05) is 45.3 Å². The zero-order valence-corrected chi connectivity index (χ0v) is 33.6. The molecule has 0 aliphatic carbocycles. The Morgan fingerprint density at radius 1 is 0.475 bits per heavy atom. The average Bonchev–Trinajstić information content (AvgIpc) is 3.91. The molecule has 0 aliphatic heterocycles. The summed E-state index contributed by atoms with van der Waals surface area (Å²) in [5.41, 5.74) is 16.9. The predicted molar refractivity (Wildman–Crippen MR) is 248 cm³/mol. The minimum atomic E-state index is 0.340. The van der Waals surface area contributed by atoms with Gasteiger partial charge >= 0.3 is 0 Å². The van der Waals surface area contributed by atoms with E-state index in [0.29, 0.717) is 5.92 Å². The monoisotopic (exact) mass is 760 g/mol. The maximum absolute atomic E-state index is 5.04. The summed E-state index contributed by atoms with van der Waals surface area (Å²) in [4.78, 5) is 5.04. The Bertz CT molecular complexity index is 3380. The van der Waals surface area contributed by atoms with Crippen molar-refractivity contribution in [2.24, 2.45) is 7.05 Å². The Morgan fingerprint density at radius 3 is 1.80 bits per heavy atom. The van der Waals surface area contributed by atoms with Crippen molar-refractivity contribution < 1.29 is 0 Å². The summed E-state index contributed by atoms with van der Waals surface area (Å²) < 4.78 is 7.11. The van der Waals surface area contributed by atoms with Crippen LogP contribution in [0.1, 0.15) is 36.2 Å². The highest BCUT2D eigenvalue weighted by atomic mass is 15.1. The summed E-state index contributed by atoms with van der Waals surface area (Å²) in [5.74, 6) is 1.33. The van der Waals surface area contributed by atoms with E-state index in [2.05, 4.69) is 217 Å². The van der Waals surface area contributed by atoms with Crippen molar-refractivity contribution in [3.05, 3.63) is 199 Å². The Labute approximate surface area is 344 Å². The van der Waals surface area contributed by atoms with Crippen LogP contribution in [-0.2, 0) is 13.5 Å². The molecule has 3 heterocycles. The fourth-order valence-electron chi connectivity index (χ4n) is 9.69. The van der Waals surface area contributed by atoms with E-state index in [1.54, 1.807) is 0 Å². The first kappa shape index (κ1) is 35.0. The van der Waals surface area contributed by atoms with Gasteiger partial charge < -0.3 is 9.13 Å². The number of benzene rings is 8. The van der Waals surface area contributed by atoms with Crippen molar-refractivity contribution in [1.82, 2.24) is 18.7 Å². The minimum Gasteiger partial charge on any atom is -0.344 e. The summed E-state index contributed by atoms with van der Waals surface area (Å²) in [7, 11) is 2.16. The van der Waals surface area contributed by atoms with Crippen LogP contribution in [0.25, 0.3) is 88.3 Å². The second kappa shape index (κ2) is 14.0. The number of fused-ring (bicyclic) bond motifs is 7. The molecule has 0 aliphatic rings. The molecule has 4 nitrogen and oxygen atoms in total. The van der Waals surface area contributed by atoms with Crippen LogP contribution in [0, 0.1) is 6.92 Å². The zero-order chi connectivity index (χ0) is 39.6. The molecule has 0 N–H and O–H groups in total. The first-order valence-corrected chi connectivity index (χ1v) is 20.8. The highest BCUT2D eigenvalue weighted by molar-refractivity contribution is 6.11. The second-order valence-electron chi connectivity index (χ2n) is 16.0. The molecular formula is C55H44N4. The standard InChI is InChI=1S/C55H44N4/c1-4-38(31-37-15-6-5-7-16-37)44-28-27-43(35-55(44)58-36(2)56-49-21-10-13-24-54(49)58)59-52-23-12-9-20-46(52)48-34-42(26-30-53(48)59)40-18-14-17-39(32-40)41-25-29-51-47(33-41)45-19-8-11-22-50(45)57(51)3/h5-30,32-35,38H,4,31H2,1-3H3. The van der Waals surface area contributed by atoms with Crippen molar-refractivity contribution in [1.29, 1.82) is 0 Å². The van der Waals surface area contributed by atoms with Gasteiger partial charge in [-0.1, -0.05) is 122 Å². The van der Waals surface area contributed by atoms with Gasteiger partial charge in [-0.05, 0) is 126 Å². The number of aryl methyl sites for hydroxylation is 2. The van der Waals surface area contributed by atoms with E-state index in [1.165, 1.54) is 82.7 Å². The lowest BCUT2D eigenvalue weighted by molar-refractivity contribution is 0.655. The lowest BCUT2D eigenvalue weighted by Gasteiger charge is -2.23. The molecule has 0 bridgehead atoms. The van der Waals surface area contributed by atoms with E-state index in [4.69, 9.17) is 4.98 Å². The number of hydrogen-bond acceptors (Lipinski definition) is 1. The van der Waals surface area contributed by atoms with Gasteiger partial charge in [0.1, 0.15) is 5.82 Å². The first-order valence-electron chi connectivity index (χ1n) is 20.8. The predicted octanol–water partition coefficient (Wildman–Crippen LogP) is 14.1. The Hall–Kier alpha value is -7.17. The largest absolute Gasteiger partial charge is 0.344 e. The molecule has 0 saturated heterocycles. The van der Waals surface area contributed by atoms with Gasteiger partial charge in [0.15, 0.2) is 0 Å². The quantitative estimate of drug-likeness (QED) is 0.152. The summed E-state index contributed by atoms with van der Waals surface area (Å²) in [5, 5.41) is 5.06. The third-order valence-electron chi connectivity index (χ3n) is 12.6. The molecule has 59 heavy (non-hydrogen) atoms. The van der Waals surface area contributed by atoms with E-state index in [0.717, 1.165) is 35.4 Å². The SMILES string of the molecule is CCC(Cc1ccccc1)c1ccc(-n2c3ccccc3c3cc(-c4cccc(-c5ccc6c(c5)c5ccccc5n6C)c4)ccc32)cc1-n1c(C)nc2ccccc21. The molecule has 1 unspecified atom stereocenters. The molecule has 0 fully saturated rings. The van der Waals surface area contributed by atoms with Crippen molar-refractivity contribution in [3.8, 4) is 33.6 Å². The maximum Gasteiger partial charge on any atom is 0.111 e. The van der Waals surface area contributed by atoms with Crippen LogP contribution in [0.15, 0.2) is 182 Å². The molecule has 0 radical (unpaired) electrons. The van der Waals surface area contributed by atoms with Gasteiger partial charge in [0.05, 0.1) is 27.8 Å². The van der Waals surface area contributed by atoms with Crippen molar-refractivity contribution >= 4 is 54.6 Å². The molecule has 3 aromatic heterocycles. The third-order valence-corrected chi connectivity index (χ3v) is 12.6. The van der Waals surface area contributed by atoms with Crippen molar-refractivity contribution in [3.63, 3.8) is 0 Å². The Morgan fingerprint density at radius 2 is 1.05 bits per heavy atom. The lowest BCUT2D eigenvalue weighted by Crippen LogP contribution is -2.10. The molecule has 284 valence electrons. The molecule has 4 heteroatoms. The van der Waals surface area contributed by atoms with Gasteiger partial charge in [0.2, 0.25) is 0 Å². The smallest absolute Gasteiger partial charge is 0.111 e. The van der Waals surface area contributed by atoms with Crippen molar-refractivity contribution in [2.75, 3.05) is 0 Å². The molecular weight excluding hydrogens is 717 g/mol. The number of rotatable bonds is 8. The van der Waals surface area contributed by atoms with E-state index in [1.807, 2.05) is 0 Å². The highest BCUT2D eigenvalue weighted by Crippen LogP contribution is 2.39. The Balaban J connectivity index is 1.05. The first-order chi connectivity index (χ1) is 29.0. The topological polar surface area (TPSA) is 27.7 Å². The van der Waals surface area contributed by atoms with Gasteiger partial charge in [0.25, 0.3) is 0 Å². The van der Waals surface area contributed by atoms with E-state index in [9.17, 15) is 0 Å². The van der Waals surface area contributed by atoms with Gasteiger partial charge in [-0.15, -0.1) is 0 Å². The zero-order valence-electron chi connectivity index (χ0n) is 33.6.